The molecular weight excluding hydrogens is 498 g/mol. The van der Waals surface area contributed by atoms with Crippen molar-refractivity contribution in [2.75, 3.05) is 51.3 Å². The number of benzene rings is 2. The van der Waals surface area contributed by atoms with Gasteiger partial charge < -0.3 is 19.9 Å². The number of morpholine rings is 1. The molecule has 3 aromatic rings. The second-order valence-electron chi connectivity index (χ2n) is 8.77. The monoisotopic (exact) mass is 528 g/mol. The fraction of sp³-hybridized carbons (Fsp3) is 0.333. The third-order valence-corrected chi connectivity index (χ3v) is 6.91. The maximum atomic E-state index is 13.7. The minimum Gasteiger partial charge on any atom is -0.379 e. The van der Waals surface area contributed by atoms with Crippen LogP contribution in [0.4, 0.5) is 19.3 Å². The maximum Gasteiger partial charge on any atom is 0.322 e. The summed E-state index contributed by atoms with van der Waals surface area (Å²) in [6.07, 6.45) is 0. The SMILES string of the molecule is O=C(CN(CCN1CCOCC1)C(=O)Nc1cccc(F)c1)N(Cc1ccc(F)cc1)Cc1cccs1. The predicted molar refractivity (Wildman–Crippen MR) is 139 cm³/mol. The highest BCUT2D eigenvalue weighted by atomic mass is 32.1. The maximum absolute atomic E-state index is 13.7. The standard InChI is InChI=1S/C27H30F2N4O3S/c28-22-8-6-21(7-9-22)18-33(19-25-5-2-16-37-25)26(34)20-32(11-10-31-12-14-36-15-13-31)27(35)30-24-4-1-3-23(29)17-24/h1-9,16-17H,10-15,18-20H2,(H,30,35). The average molecular weight is 529 g/mol. The van der Waals surface area contributed by atoms with Crippen LogP contribution in [0.15, 0.2) is 66.0 Å². The highest BCUT2D eigenvalue weighted by Gasteiger charge is 2.23. The van der Waals surface area contributed by atoms with Crippen LogP contribution in [-0.4, -0.2) is 72.6 Å². The van der Waals surface area contributed by atoms with Gasteiger partial charge in [0.2, 0.25) is 5.91 Å². The number of nitrogens with one attached hydrogen (secondary N) is 1. The third kappa shape index (κ3) is 8.34. The largest absolute Gasteiger partial charge is 0.379 e. The molecule has 2 aromatic carbocycles. The number of halogens is 2. The zero-order chi connectivity index (χ0) is 26.0. The summed E-state index contributed by atoms with van der Waals surface area (Å²) in [5, 5.41) is 4.65. The van der Waals surface area contributed by atoms with Crippen molar-refractivity contribution in [2.24, 2.45) is 0 Å². The van der Waals surface area contributed by atoms with Crippen LogP contribution in [0.2, 0.25) is 0 Å². The lowest BCUT2D eigenvalue weighted by atomic mass is 10.2. The molecule has 1 N–H and O–H groups in total. The summed E-state index contributed by atoms with van der Waals surface area (Å²) < 4.78 is 32.5. The summed E-state index contributed by atoms with van der Waals surface area (Å²) in [4.78, 5) is 33.1. The molecule has 0 aliphatic carbocycles. The summed E-state index contributed by atoms with van der Waals surface area (Å²) in [6.45, 7) is 4.15. The van der Waals surface area contributed by atoms with Crippen LogP contribution in [0.25, 0.3) is 0 Å². The van der Waals surface area contributed by atoms with E-state index < -0.39 is 11.8 Å². The summed E-state index contributed by atoms with van der Waals surface area (Å²) in [5.41, 5.74) is 1.10. The Balaban J connectivity index is 1.49. The molecule has 1 saturated heterocycles. The van der Waals surface area contributed by atoms with E-state index in [0.717, 1.165) is 23.5 Å². The number of hydrogen-bond donors (Lipinski definition) is 1. The first-order valence-electron chi connectivity index (χ1n) is 12.1. The van der Waals surface area contributed by atoms with Crippen molar-refractivity contribution in [3.63, 3.8) is 0 Å². The van der Waals surface area contributed by atoms with Gasteiger partial charge in [-0.15, -0.1) is 11.3 Å². The molecule has 0 unspecified atom stereocenters. The molecule has 1 aliphatic heterocycles. The Hall–Kier alpha value is -3.34. The topological polar surface area (TPSA) is 65.1 Å². The molecule has 7 nitrogen and oxygen atoms in total. The van der Waals surface area contributed by atoms with E-state index in [1.54, 1.807) is 23.1 Å². The van der Waals surface area contributed by atoms with Gasteiger partial charge in [-0.2, -0.15) is 0 Å². The summed E-state index contributed by atoms with van der Waals surface area (Å²) >= 11 is 1.54. The molecule has 37 heavy (non-hydrogen) atoms. The Morgan fingerprint density at radius 2 is 1.73 bits per heavy atom. The van der Waals surface area contributed by atoms with E-state index in [-0.39, 0.29) is 24.8 Å². The number of amides is 3. The van der Waals surface area contributed by atoms with E-state index in [1.807, 2.05) is 17.5 Å². The van der Waals surface area contributed by atoms with Gasteiger partial charge in [0.15, 0.2) is 0 Å². The van der Waals surface area contributed by atoms with Crippen LogP contribution >= 0.6 is 11.3 Å². The number of ether oxygens (including phenoxy) is 1. The van der Waals surface area contributed by atoms with Crippen LogP contribution in [0.3, 0.4) is 0 Å². The fourth-order valence-electron chi connectivity index (χ4n) is 4.00. The number of thiophene rings is 1. The summed E-state index contributed by atoms with van der Waals surface area (Å²) in [6, 6.07) is 15.1. The Morgan fingerprint density at radius 3 is 2.43 bits per heavy atom. The lowest BCUT2D eigenvalue weighted by molar-refractivity contribution is -0.133. The van der Waals surface area contributed by atoms with Crippen molar-refractivity contribution >= 4 is 29.0 Å². The normalized spacial score (nSPS) is 13.8. The van der Waals surface area contributed by atoms with E-state index >= 15 is 0 Å². The number of nitrogens with zero attached hydrogens (tertiary/aromatic N) is 3. The molecule has 3 amide bonds. The molecule has 2 heterocycles. The zero-order valence-corrected chi connectivity index (χ0v) is 21.3. The van der Waals surface area contributed by atoms with E-state index in [2.05, 4.69) is 10.2 Å². The number of rotatable bonds is 10. The third-order valence-electron chi connectivity index (χ3n) is 6.05. The highest BCUT2D eigenvalue weighted by molar-refractivity contribution is 7.09. The highest BCUT2D eigenvalue weighted by Crippen LogP contribution is 2.16. The van der Waals surface area contributed by atoms with Crippen molar-refractivity contribution in [3.05, 3.63) is 88.1 Å². The van der Waals surface area contributed by atoms with Crippen LogP contribution in [0, 0.1) is 11.6 Å². The Kier molecular flexibility index (Phi) is 9.58. The first kappa shape index (κ1) is 26.7. The van der Waals surface area contributed by atoms with E-state index in [4.69, 9.17) is 4.74 Å². The van der Waals surface area contributed by atoms with Crippen molar-refractivity contribution in [1.29, 1.82) is 0 Å². The number of anilines is 1. The quantitative estimate of drug-likeness (QED) is 0.423. The van der Waals surface area contributed by atoms with E-state index in [9.17, 15) is 18.4 Å². The van der Waals surface area contributed by atoms with Gasteiger partial charge >= 0.3 is 6.03 Å². The number of hydrogen-bond acceptors (Lipinski definition) is 5. The van der Waals surface area contributed by atoms with E-state index in [0.29, 0.717) is 38.5 Å². The van der Waals surface area contributed by atoms with Crippen LogP contribution in [0.5, 0.6) is 0 Å². The van der Waals surface area contributed by atoms with Gasteiger partial charge in [-0.3, -0.25) is 9.69 Å². The van der Waals surface area contributed by atoms with Crippen LogP contribution in [-0.2, 0) is 22.6 Å². The lowest BCUT2D eigenvalue weighted by Gasteiger charge is -2.31. The molecule has 196 valence electrons. The zero-order valence-electron chi connectivity index (χ0n) is 20.4. The molecule has 1 aliphatic rings. The fourth-order valence-corrected chi connectivity index (χ4v) is 4.72. The number of carbonyl (C=O) groups excluding carboxylic acids is 2. The van der Waals surface area contributed by atoms with Crippen molar-refractivity contribution in [1.82, 2.24) is 14.7 Å². The first-order valence-corrected chi connectivity index (χ1v) is 13.0. The van der Waals surface area contributed by atoms with Crippen molar-refractivity contribution in [3.8, 4) is 0 Å². The van der Waals surface area contributed by atoms with Gasteiger partial charge in [-0.1, -0.05) is 24.3 Å². The predicted octanol–water partition coefficient (Wildman–Crippen LogP) is 4.42. The number of carbonyl (C=O) groups is 2. The van der Waals surface area contributed by atoms with Gasteiger partial charge in [0, 0.05) is 43.3 Å². The molecular formula is C27H30F2N4O3S. The van der Waals surface area contributed by atoms with Gasteiger partial charge in [0.05, 0.1) is 19.8 Å². The molecule has 0 saturated carbocycles. The Labute approximate surface area is 219 Å². The van der Waals surface area contributed by atoms with E-state index in [1.165, 1.54) is 46.6 Å². The number of urea groups is 1. The molecule has 10 heteroatoms. The summed E-state index contributed by atoms with van der Waals surface area (Å²) in [7, 11) is 0. The average Bonchev–Trinajstić information content (AvgIpc) is 3.41. The van der Waals surface area contributed by atoms with Gasteiger partial charge in [0.25, 0.3) is 0 Å². The Bertz CT molecular complexity index is 1150. The minimum atomic E-state index is -0.481. The second-order valence-corrected chi connectivity index (χ2v) is 9.80. The van der Waals surface area contributed by atoms with Crippen molar-refractivity contribution < 1.29 is 23.1 Å². The molecule has 1 aromatic heterocycles. The van der Waals surface area contributed by atoms with Crippen LogP contribution < -0.4 is 5.32 Å². The van der Waals surface area contributed by atoms with Crippen LogP contribution in [0.1, 0.15) is 10.4 Å². The molecule has 4 rings (SSSR count). The molecule has 0 bridgehead atoms. The molecule has 0 atom stereocenters. The second kappa shape index (κ2) is 13.3. The van der Waals surface area contributed by atoms with Gasteiger partial charge in [-0.05, 0) is 47.3 Å². The molecule has 0 radical (unpaired) electrons. The molecule has 0 spiro atoms. The lowest BCUT2D eigenvalue weighted by Crippen LogP contribution is -2.48. The first-order chi connectivity index (χ1) is 18.0. The Morgan fingerprint density at radius 1 is 0.946 bits per heavy atom. The van der Waals surface area contributed by atoms with Gasteiger partial charge in [0.1, 0.15) is 18.2 Å². The smallest absolute Gasteiger partial charge is 0.322 e. The summed E-state index contributed by atoms with van der Waals surface area (Å²) in [5.74, 6) is -1.05. The minimum absolute atomic E-state index is 0.155. The van der Waals surface area contributed by atoms with Gasteiger partial charge in [-0.25, -0.2) is 13.6 Å². The van der Waals surface area contributed by atoms with Crippen molar-refractivity contribution in [2.45, 2.75) is 13.1 Å². The molecule has 1 fully saturated rings.